The molecule has 2 aromatic carbocycles. The zero-order chi connectivity index (χ0) is 15.2. The molecule has 0 aliphatic rings. The summed E-state index contributed by atoms with van der Waals surface area (Å²) in [6.45, 7) is 0. The Balaban J connectivity index is 2.36. The number of carboxylic acid groups (broad SMARTS) is 1. The van der Waals surface area contributed by atoms with Gasteiger partial charge in [0.2, 0.25) is 0 Å². The Morgan fingerprint density at radius 3 is 2.57 bits per heavy atom. The quantitative estimate of drug-likeness (QED) is 0.884. The SMILES string of the molecule is COc1ccc(OC)c(-c2cccc(CCC(=O)O)c2)c1. The van der Waals surface area contributed by atoms with Crippen molar-refractivity contribution in [1.29, 1.82) is 0 Å². The van der Waals surface area contributed by atoms with Crippen LogP contribution in [0.15, 0.2) is 42.5 Å². The summed E-state index contributed by atoms with van der Waals surface area (Å²) < 4.78 is 10.6. The van der Waals surface area contributed by atoms with Crippen LogP contribution in [0.2, 0.25) is 0 Å². The molecule has 0 spiro atoms. The number of hydrogen-bond donors (Lipinski definition) is 1. The molecule has 0 heterocycles. The van der Waals surface area contributed by atoms with E-state index in [1.807, 2.05) is 42.5 Å². The van der Waals surface area contributed by atoms with E-state index in [1.165, 1.54) is 0 Å². The predicted octanol–water partition coefficient (Wildman–Crippen LogP) is 3.39. The highest BCUT2D eigenvalue weighted by Crippen LogP contribution is 2.33. The topological polar surface area (TPSA) is 55.8 Å². The lowest BCUT2D eigenvalue weighted by molar-refractivity contribution is -0.136. The minimum atomic E-state index is -0.792. The van der Waals surface area contributed by atoms with Crippen LogP contribution < -0.4 is 9.47 Å². The number of carbonyl (C=O) groups is 1. The number of carboxylic acids is 1. The van der Waals surface area contributed by atoms with E-state index in [2.05, 4.69) is 0 Å². The van der Waals surface area contributed by atoms with Crippen LogP contribution in [0.5, 0.6) is 11.5 Å². The second kappa shape index (κ2) is 6.79. The number of methoxy groups -OCH3 is 2. The summed E-state index contributed by atoms with van der Waals surface area (Å²) in [5.74, 6) is 0.715. The summed E-state index contributed by atoms with van der Waals surface area (Å²) in [4.78, 5) is 10.7. The molecule has 2 aromatic rings. The summed E-state index contributed by atoms with van der Waals surface area (Å²) in [7, 11) is 3.24. The Morgan fingerprint density at radius 2 is 1.90 bits per heavy atom. The zero-order valence-corrected chi connectivity index (χ0v) is 12.1. The summed E-state index contributed by atoms with van der Waals surface area (Å²) in [5, 5.41) is 8.78. The fraction of sp³-hybridized carbons (Fsp3) is 0.235. The average molecular weight is 286 g/mol. The third kappa shape index (κ3) is 3.75. The molecule has 4 nitrogen and oxygen atoms in total. The third-order valence-electron chi connectivity index (χ3n) is 3.27. The van der Waals surface area contributed by atoms with Crippen LogP contribution in [-0.2, 0) is 11.2 Å². The van der Waals surface area contributed by atoms with Crippen molar-refractivity contribution in [2.45, 2.75) is 12.8 Å². The van der Waals surface area contributed by atoms with Crippen LogP contribution in [0, 0.1) is 0 Å². The van der Waals surface area contributed by atoms with Gasteiger partial charge in [0.1, 0.15) is 11.5 Å². The van der Waals surface area contributed by atoms with Gasteiger partial charge in [0, 0.05) is 12.0 Å². The maximum atomic E-state index is 10.7. The minimum Gasteiger partial charge on any atom is -0.497 e. The largest absolute Gasteiger partial charge is 0.497 e. The molecule has 110 valence electrons. The molecule has 0 saturated heterocycles. The molecule has 21 heavy (non-hydrogen) atoms. The van der Waals surface area contributed by atoms with Gasteiger partial charge in [-0.1, -0.05) is 24.3 Å². The van der Waals surface area contributed by atoms with E-state index in [0.717, 1.165) is 28.2 Å². The van der Waals surface area contributed by atoms with Gasteiger partial charge in [0.15, 0.2) is 0 Å². The number of ether oxygens (including phenoxy) is 2. The van der Waals surface area contributed by atoms with Crippen molar-refractivity contribution in [1.82, 2.24) is 0 Å². The molecule has 0 radical (unpaired) electrons. The molecule has 0 bridgehead atoms. The molecule has 0 unspecified atom stereocenters. The number of benzene rings is 2. The fourth-order valence-corrected chi connectivity index (χ4v) is 2.19. The van der Waals surface area contributed by atoms with Gasteiger partial charge >= 0.3 is 5.97 Å². The zero-order valence-electron chi connectivity index (χ0n) is 12.1. The lowest BCUT2D eigenvalue weighted by Crippen LogP contribution is -1.97. The van der Waals surface area contributed by atoms with Gasteiger partial charge in [-0.05, 0) is 35.7 Å². The molecule has 0 saturated carbocycles. The molecule has 4 heteroatoms. The van der Waals surface area contributed by atoms with Gasteiger partial charge in [-0.2, -0.15) is 0 Å². The van der Waals surface area contributed by atoms with Crippen LogP contribution in [0.4, 0.5) is 0 Å². The Kier molecular flexibility index (Phi) is 4.82. The highest BCUT2D eigenvalue weighted by atomic mass is 16.5. The van der Waals surface area contributed by atoms with Crippen molar-refractivity contribution in [2.75, 3.05) is 14.2 Å². The third-order valence-corrected chi connectivity index (χ3v) is 3.27. The van der Waals surface area contributed by atoms with E-state index >= 15 is 0 Å². The van der Waals surface area contributed by atoms with Gasteiger partial charge in [0.05, 0.1) is 14.2 Å². The fourth-order valence-electron chi connectivity index (χ4n) is 2.19. The number of hydrogen-bond acceptors (Lipinski definition) is 3. The normalized spacial score (nSPS) is 10.2. The Hall–Kier alpha value is -2.49. The molecule has 0 fully saturated rings. The lowest BCUT2D eigenvalue weighted by Gasteiger charge is -2.11. The molecule has 0 aliphatic heterocycles. The summed E-state index contributed by atoms with van der Waals surface area (Å²) in [5.41, 5.74) is 2.89. The standard InChI is InChI=1S/C17H18O4/c1-20-14-7-8-16(21-2)15(11-14)13-5-3-4-12(10-13)6-9-17(18)19/h3-5,7-8,10-11H,6,9H2,1-2H3,(H,18,19). The van der Waals surface area contributed by atoms with Gasteiger partial charge < -0.3 is 14.6 Å². The number of aliphatic carboxylic acids is 1. The first kappa shape index (κ1) is 14.9. The second-order valence-electron chi connectivity index (χ2n) is 4.66. The molecule has 2 rings (SSSR count). The monoisotopic (exact) mass is 286 g/mol. The molecular weight excluding hydrogens is 268 g/mol. The van der Waals surface area contributed by atoms with Crippen molar-refractivity contribution in [3.63, 3.8) is 0 Å². The van der Waals surface area contributed by atoms with Gasteiger partial charge in [-0.25, -0.2) is 0 Å². The van der Waals surface area contributed by atoms with E-state index in [0.29, 0.717) is 6.42 Å². The van der Waals surface area contributed by atoms with E-state index in [4.69, 9.17) is 14.6 Å². The van der Waals surface area contributed by atoms with E-state index in [-0.39, 0.29) is 6.42 Å². The van der Waals surface area contributed by atoms with Crippen LogP contribution in [-0.4, -0.2) is 25.3 Å². The highest BCUT2D eigenvalue weighted by Gasteiger charge is 2.09. The van der Waals surface area contributed by atoms with Crippen molar-refractivity contribution in [2.24, 2.45) is 0 Å². The van der Waals surface area contributed by atoms with Crippen LogP contribution >= 0.6 is 0 Å². The van der Waals surface area contributed by atoms with Crippen molar-refractivity contribution >= 4 is 5.97 Å². The first-order chi connectivity index (χ1) is 10.1. The summed E-state index contributed by atoms with van der Waals surface area (Å²) in [6.07, 6.45) is 0.633. The molecule has 0 aliphatic carbocycles. The molecule has 0 atom stereocenters. The summed E-state index contributed by atoms with van der Waals surface area (Å²) in [6, 6.07) is 13.4. The number of aryl methyl sites for hydroxylation is 1. The predicted molar refractivity (Wildman–Crippen MR) is 80.9 cm³/mol. The Bertz CT molecular complexity index is 634. The van der Waals surface area contributed by atoms with Gasteiger partial charge in [0.25, 0.3) is 0 Å². The van der Waals surface area contributed by atoms with Gasteiger partial charge in [-0.3, -0.25) is 4.79 Å². The molecule has 0 amide bonds. The van der Waals surface area contributed by atoms with E-state index < -0.39 is 5.97 Å². The van der Waals surface area contributed by atoms with Gasteiger partial charge in [-0.15, -0.1) is 0 Å². The molecule has 1 N–H and O–H groups in total. The highest BCUT2D eigenvalue weighted by molar-refractivity contribution is 5.73. The van der Waals surface area contributed by atoms with Crippen LogP contribution in [0.1, 0.15) is 12.0 Å². The smallest absolute Gasteiger partial charge is 0.303 e. The van der Waals surface area contributed by atoms with E-state index in [1.54, 1.807) is 14.2 Å². The van der Waals surface area contributed by atoms with Crippen molar-refractivity contribution in [3.05, 3.63) is 48.0 Å². The van der Waals surface area contributed by atoms with Crippen molar-refractivity contribution in [3.8, 4) is 22.6 Å². The number of rotatable bonds is 6. The maximum absolute atomic E-state index is 10.7. The van der Waals surface area contributed by atoms with Crippen LogP contribution in [0.25, 0.3) is 11.1 Å². The minimum absolute atomic E-state index is 0.124. The second-order valence-corrected chi connectivity index (χ2v) is 4.66. The first-order valence-electron chi connectivity index (χ1n) is 6.67. The first-order valence-corrected chi connectivity index (χ1v) is 6.67. The Labute approximate surface area is 123 Å². The van der Waals surface area contributed by atoms with Crippen molar-refractivity contribution < 1.29 is 19.4 Å². The lowest BCUT2D eigenvalue weighted by atomic mass is 10.00. The van der Waals surface area contributed by atoms with Crippen LogP contribution in [0.3, 0.4) is 0 Å². The molecule has 0 aromatic heterocycles. The summed E-state index contributed by atoms with van der Waals surface area (Å²) >= 11 is 0. The van der Waals surface area contributed by atoms with E-state index in [9.17, 15) is 4.79 Å². The average Bonchev–Trinajstić information content (AvgIpc) is 2.52. The maximum Gasteiger partial charge on any atom is 0.303 e. The Morgan fingerprint density at radius 1 is 1.10 bits per heavy atom. The molecular formula is C17H18O4.